The summed E-state index contributed by atoms with van der Waals surface area (Å²) in [6, 6.07) is 8.57. The lowest BCUT2D eigenvalue weighted by atomic mass is 10.1. The zero-order valence-electron chi connectivity index (χ0n) is 12.0. The third-order valence-electron chi connectivity index (χ3n) is 3.72. The Morgan fingerprint density at radius 2 is 2.16 bits per heavy atom. The molecule has 0 aromatic heterocycles. The van der Waals surface area contributed by atoms with Crippen molar-refractivity contribution in [3.8, 4) is 0 Å². The maximum absolute atomic E-state index is 12.3. The summed E-state index contributed by atoms with van der Waals surface area (Å²) in [5, 5.41) is 3.04. The Labute approximate surface area is 115 Å². The molecular weight excluding hydrogens is 238 g/mol. The highest BCUT2D eigenvalue weighted by Gasteiger charge is 2.26. The maximum atomic E-state index is 12.3. The van der Waals surface area contributed by atoms with Crippen molar-refractivity contribution in [1.82, 2.24) is 10.2 Å². The number of hydrogen-bond donors (Lipinski definition) is 1. The van der Waals surface area contributed by atoms with Crippen LogP contribution in [0, 0.1) is 0 Å². The molecule has 1 unspecified atom stereocenters. The Balaban J connectivity index is 2.20. The molecule has 1 aromatic rings. The van der Waals surface area contributed by atoms with Crippen molar-refractivity contribution in [3.05, 3.63) is 29.8 Å². The van der Waals surface area contributed by atoms with Crippen LogP contribution < -0.4 is 10.2 Å². The molecule has 2 rings (SSSR count). The molecule has 1 aliphatic heterocycles. The van der Waals surface area contributed by atoms with Crippen molar-refractivity contribution in [3.63, 3.8) is 0 Å². The quantitative estimate of drug-likeness (QED) is 0.895. The fourth-order valence-electron chi connectivity index (χ4n) is 2.66. The van der Waals surface area contributed by atoms with Crippen LogP contribution in [0.4, 0.5) is 5.69 Å². The molecule has 1 heterocycles. The molecule has 0 aliphatic carbocycles. The topological polar surface area (TPSA) is 35.6 Å². The van der Waals surface area contributed by atoms with Gasteiger partial charge in [0.05, 0.1) is 0 Å². The number of para-hydroxylation sites is 1. The highest BCUT2D eigenvalue weighted by atomic mass is 16.2. The number of hydrogen-bond acceptors (Lipinski definition) is 3. The Morgan fingerprint density at radius 3 is 2.89 bits per heavy atom. The van der Waals surface area contributed by atoms with Crippen LogP contribution in [0.5, 0.6) is 0 Å². The van der Waals surface area contributed by atoms with Gasteiger partial charge in [0, 0.05) is 44.8 Å². The molecule has 1 amide bonds. The smallest absolute Gasteiger partial charge is 0.224 e. The molecule has 0 bridgehead atoms. The highest BCUT2D eigenvalue weighted by molar-refractivity contribution is 5.77. The molecule has 4 heteroatoms. The third kappa shape index (κ3) is 3.07. The summed E-state index contributed by atoms with van der Waals surface area (Å²) < 4.78 is 0. The van der Waals surface area contributed by atoms with Gasteiger partial charge in [-0.3, -0.25) is 4.79 Å². The fraction of sp³-hybridized carbons (Fsp3) is 0.533. The molecule has 19 heavy (non-hydrogen) atoms. The Kier molecular flexibility index (Phi) is 4.43. The molecule has 0 fully saturated rings. The lowest BCUT2D eigenvalue weighted by molar-refractivity contribution is -0.133. The number of nitrogens with zero attached hydrogens (tertiary/aromatic N) is 2. The monoisotopic (exact) mass is 261 g/mol. The van der Waals surface area contributed by atoms with Crippen LogP contribution in [0.15, 0.2) is 24.3 Å². The van der Waals surface area contributed by atoms with E-state index >= 15 is 0 Å². The van der Waals surface area contributed by atoms with E-state index in [1.807, 2.05) is 18.0 Å². The van der Waals surface area contributed by atoms with E-state index in [4.69, 9.17) is 0 Å². The van der Waals surface area contributed by atoms with Gasteiger partial charge in [0.15, 0.2) is 0 Å². The van der Waals surface area contributed by atoms with Crippen LogP contribution in [0.2, 0.25) is 0 Å². The summed E-state index contributed by atoms with van der Waals surface area (Å²) in [7, 11) is 3.97. The molecule has 0 spiro atoms. The number of carbonyl (C=O) groups is 1. The van der Waals surface area contributed by atoms with Crippen LogP contribution in [-0.2, 0) is 11.3 Å². The molecule has 104 valence electrons. The summed E-state index contributed by atoms with van der Waals surface area (Å²) in [4.78, 5) is 16.5. The molecule has 1 N–H and O–H groups in total. The maximum Gasteiger partial charge on any atom is 0.224 e. The predicted octanol–water partition coefficient (Wildman–Crippen LogP) is 1.46. The van der Waals surface area contributed by atoms with Crippen LogP contribution in [0.3, 0.4) is 0 Å². The number of benzene rings is 1. The van der Waals surface area contributed by atoms with Gasteiger partial charge in [-0.1, -0.05) is 18.2 Å². The summed E-state index contributed by atoms with van der Waals surface area (Å²) in [6.45, 7) is 4.45. The van der Waals surface area contributed by atoms with Crippen molar-refractivity contribution >= 4 is 11.6 Å². The lowest BCUT2D eigenvalue weighted by Gasteiger charge is -2.28. The van der Waals surface area contributed by atoms with Crippen LogP contribution >= 0.6 is 0 Å². The van der Waals surface area contributed by atoms with Crippen molar-refractivity contribution in [2.75, 3.05) is 32.1 Å². The van der Waals surface area contributed by atoms with E-state index in [0.29, 0.717) is 13.0 Å². The largest absolute Gasteiger partial charge is 0.372 e. The minimum Gasteiger partial charge on any atom is -0.372 e. The highest BCUT2D eigenvalue weighted by Crippen LogP contribution is 2.26. The van der Waals surface area contributed by atoms with E-state index in [0.717, 1.165) is 13.1 Å². The van der Waals surface area contributed by atoms with Gasteiger partial charge in [0.25, 0.3) is 0 Å². The van der Waals surface area contributed by atoms with E-state index in [1.54, 1.807) is 0 Å². The van der Waals surface area contributed by atoms with Crippen LogP contribution in [-0.4, -0.2) is 44.0 Å². The van der Waals surface area contributed by atoms with Gasteiger partial charge in [-0.15, -0.1) is 0 Å². The number of fused-ring (bicyclic) bond motifs is 1. The van der Waals surface area contributed by atoms with Crippen molar-refractivity contribution < 1.29 is 4.79 Å². The Bertz CT molecular complexity index is 447. The normalized spacial score (nSPS) is 19.0. The minimum absolute atomic E-state index is 0.229. The van der Waals surface area contributed by atoms with Gasteiger partial charge in [-0.05, 0) is 25.6 Å². The summed E-state index contributed by atoms with van der Waals surface area (Å²) in [5.41, 5.74) is 2.46. The number of nitrogens with one attached hydrogen (secondary N) is 1. The van der Waals surface area contributed by atoms with E-state index in [1.165, 1.54) is 11.3 Å². The zero-order chi connectivity index (χ0) is 13.8. The van der Waals surface area contributed by atoms with Gasteiger partial charge in [-0.25, -0.2) is 0 Å². The second kappa shape index (κ2) is 6.06. The first-order chi connectivity index (χ1) is 9.13. The second-order valence-corrected chi connectivity index (χ2v) is 5.23. The Hall–Kier alpha value is -1.55. The van der Waals surface area contributed by atoms with Gasteiger partial charge in [0.2, 0.25) is 5.91 Å². The van der Waals surface area contributed by atoms with Gasteiger partial charge >= 0.3 is 0 Å². The molecule has 4 nitrogen and oxygen atoms in total. The predicted molar refractivity (Wildman–Crippen MR) is 78.3 cm³/mol. The number of carbonyl (C=O) groups excluding carboxylic acids is 1. The molecule has 0 saturated carbocycles. The molecule has 1 aromatic carbocycles. The average Bonchev–Trinajstić information content (AvgIpc) is 2.53. The molecule has 1 aliphatic rings. The van der Waals surface area contributed by atoms with Gasteiger partial charge < -0.3 is 15.1 Å². The standard InChI is InChI=1S/C15H23N3O/c1-12-10-17(3)14-7-5-4-6-13(14)11-18(12)15(19)8-9-16-2/h4-7,12,16H,8-11H2,1-3H3. The third-order valence-corrected chi connectivity index (χ3v) is 3.72. The first-order valence-corrected chi connectivity index (χ1v) is 6.86. The van der Waals surface area contributed by atoms with Crippen LogP contribution in [0.25, 0.3) is 0 Å². The van der Waals surface area contributed by atoms with Gasteiger partial charge in [-0.2, -0.15) is 0 Å². The molecular formula is C15H23N3O. The lowest BCUT2D eigenvalue weighted by Crippen LogP contribution is -2.42. The molecule has 1 atom stereocenters. The van der Waals surface area contributed by atoms with Crippen molar-refractivity contribution in [2.24, 2.45) is 0 Å². The molecule has 0 radical (unpaired) electrons. The SMILES string of the molecule is CNCCC(=O)N1Cc2ccccc2N(C)CC1C. The summed E-state index contributed by atoms with van der Waals surface area (Å²) in [6.07, 6.45) is 0.562. The van der Waals surface area contributed by atoms with E-state index < -0.39 is 0 Å². The number of likely N-dealkylation sites (N-methyl/N-ethyl adjacent to an activating group) is 1. The van der Waals surface area contributed by atoms with Crippen LogP contribution in [0.1, 0.15) is 18.9 Å². The summed E-state index contributed by atoms with van der Waals surface area (Å²) in [5.74, 6) is 0.229. The molecule has 0 saturated heterocycles. The fourth-order valence-corrected chi connectivity index (χ4v) is 2.66. The van der Waals surface area contributed by atoms with E-state index in [-0.39, 0.29) is 11.9 Å². The zero-order valence-corrected chi connectivity index (χ0v) is 12.0. The van der Waals surface area contributed by atoms with Crippen molar-refractivity contribution in [1.29, 1.82) is 0 Å². The number of anilines is 1. The number of amides is 1. The van der Waals surface area contributed by atoms with E-state index in [2.05, 4.69) is 42.4 Å². The second-order valence-electron chi connectivity index (χ2n) is 5.23. The number of rotatable bonds is 3. The first-order valence-electron chi connectivity index (χ1n) is 6.86. The van der Waals surface area contributed by atoms with Crippen molar-refractivity contribution in [2.45, 2.75) is 25.9 Å². The Morgan fingerprint density at radius 1 is 1.42 bits per heavy atom. The van der Waals surface area contributed by atoms with E-state index in [9.17, 15) is 4.79 Å². The van der Waals surface area contributed by atoms with Gasteiger partial charge in [0.1, 0.15) is 0 Å². The summed E-state index contributed by atoms with van der Waals surface area (Å²) >= 11 is 0. The first kappa shape index (κ1) is 13.9. The average molecular weight is 261 g/mol. The minimum atomic E-state index is 0.229.